The van der Waals surface area contributed by atoms with Crippen molar-refractivity contribution < 1.29 is 14.3 Å². The quantitative estimate of drug-likeness (QED) is 0.461. The van der Waals surface area contributed by atoms with Gasteiger partial charge in [0.15, 0.2) is 5.69 Å². The fourth-order valence-corrected chi connectivity index (χ4v) is 4.52. The Balaban J connectivity index is 2.05. The van der Waals surface area contributed by atoms with Crippen LogP contribution in [-0.4, -0.2) is 55.6 Å². The molecule has 1 aliphatic carbocycles. The van der Waals surface area contributed by atoms with E-state index in [9.17, 15) is 4.79 Å². The van der Waals surface area contributed by atoms with Crippen molar-refractivity contribution in [2.75, 3.05) is 37.0 Å². The SMILES string of the molecule is CCOC(=O)c1cc(N2CCC(OC)CC2)c(C(=N)C(C)C)c(NC2CCCCC2)n1. The Kier molecular flexibility index (Phi) is 8.29. The fraction of sp³-hybridized carbons (Fsp3) is 0.708. The van der Waals surface area contributed by atoms with Gasteiger partial charge in [-0.1, -0.05) is 33.1 Å². The number of nitrogens with one attached hydrogen (secondary N) is 2. The number of aromatic nitrogens is 1. The second kappa shape index (κ2) is 10.9. The van der Waals surface area contributed by atoms with Crippen LogP contribution in [0.4, 0.5) is 11.5 Å². The summed E-state index contributed by atoms with van der Waals surface area (Å²) in [6.07, 6.45) is 7.95. The normalized spacial score (nSPS) is 18.3. The topological polar surface area (TPSA) is 87.5 Å². The zero-order valence-electron chi connectivity index (χ0n) is 19.5. The molecule has 0 spiro atoms. The first kappa shape index (κ1) is 23.5. The lowest BCUT2D eigenvalue weighted by Crippen LogP contribution is -2.38. The molecule has 1 aromatic heterocycles. The highest BCUT2D eigenvalue weighted by atomic mass is 16.5. The third-order valence-electron chi connectivity index (χ3n) is 6.39. The minimum absolute atomic E-state index is 0.0532. The number of hydrogen-bond donors (Lipinski definition) is 2. The zero-order chi connectivity index (χ0) is 22.4. The second-order valence-electron chi connectivity index (χ2n) is 8.94. The standard InChI is InChI=1S/C24H38N4O3/c1-5-31-24(29)19-15-20(28-13-11-18(30-4)12-14-28)21(22(25)16(2)3)23(27-19)26-17-9-7-6-8-10-17/h15-18,25H,5-14H2,1-4H3,(H,26,27). The predicted molar refractivity (Wildman–Crippen MR) is 125 cm³/mol. The van der Waals surface area contributed by atoms with Crippen LogP contribution in [0.15, 0.2) is 6.07 Å². The summed E-state index contributed by atoms with van der Waals surface area (Å²) in [5, 5.41) is 12.5. The molecule has 2 aliphatic rings. The molecule has 1 aliphatic heterocycles. The van der Waals surface area contributed by atoms with E-state index in [1.807, 2.05) is 19.9 Å². The summed E-state index contributed by atoms with van der Waals surface area (Å²) < 4.78 is 10.8. The van der Waals surface area contributed by atoms with Gasteiger partial charge in [0.2, 0.25) is 0 Å². The maximum Gasteiger partial charge on any atom is 0.357 e. The summed E-state index contributed by atoms with van der Waals surface area (Å²) in [5.41, 5.74) is 2.59. The van der Waals surface area contributed by atoms with Gasteiger partial charge in [-0.25, -0.2) is 9.78 Å². The molecule has 0 aromatic carbocycles. The molecular weight excluding hydrogens is 392 g/mol. The maximum atomic E-state index is 12.6. The summed E-state index contributed by atoms with van der Waals surface area (Å²) in [6.45, 7) is 7.83. The first-order valence-electron chi connectivity index (χ1n) is 11.8. The van der Waals surface area contributed by atoms with Crippen molar-refractivity contribution in [2.45, 2.75) is 77.9 Å². The van der Waals surface area contributed by atoms with E-state index in [1.165, 1.54) is 19.3 Å². The van der Waals surface area contributed by atoms with Gasteiger partial charge in [0.1, 0.15) is 5.82 Å². The summed E-state index contributed by atoms with van der Waals surface area (Å²) in [4.78, 5) is 19.6. The van der Waals surface area contributed by atoms with Crippen LogP contribution in [0.3, 0.4) is 0 Å². The Bertz CT molecular complexity index is 766. The number of rotatable bonds is 8. The van der Waals surface area contributed by atoms with Crippen LogP contribution in [0, 0.1) is 11.3 Å². The van der Waals surface area contributed by atoms with Crippen LogP contribution >= 0.6 is 0 Å². The molecule has 0 radical (unpaired) electrons. The van der Waals surface area contributed by atoms with Crippen molar-refractivity contribution >= 4 is 23.2 Å². The number of piperidine rings is 1. The highest BCUT2D eigenvalue weighted by Gasteiger charge is 2.28. The number of methoxy groups -OCH3 is 1. The van der Waals surface area contributed by atoms with E-state index >= 15 is 0 Å². The number of carbonyl (C=O) groups excluding carboxylic acids is 1. The highest BCUT2D eigenvalue weighted by molar-refractivity contribution is 6.09. The van der Waals surface area contributed by atoms with Crippen molar-refractivity contribution in [3.05, 3.63) is 17.3 Å². The van der Waals surface area contributed by atoms with Crippen LogP contribution in [0.5, 0.6) is 0 Å². The molecule has 1 aromatic rings. The monoisotopic (exact) mass is 430 g/mol. The van der Waals surface area contributed by atoms with Gasteiger partial charge in [-0.2, -0.15) is 0 Å². The summed E-state index contributed by atoms with van der Waals surface area (Å²) >= 11 is 0. The first-order valence-corrected chi connectivity index (χ1v) is 11.8. The van der Waals surface area contributed by atoms with Gasteiger partial charge in [-0.3, -0.25) is 0 Å². The lowest BCUT2D eigenvalue weighted by molar-refractivity contribution is 0.0519. The van der Waals surface area contributed by atoms with Crippen LogP contribution in [-0.2, 0) is 9.47 Å². The molecule has 1 saturated carbocycles. The van der Waals surface area contributed by atoms with Crippen LogP contribution in [0.25, 0.3) is 0 Å². The van der Waals surface area contributed by atoms with Crippen molar-refractivity contribution in [2.24, 2.45) is 5.92 Å². The number of pyridine rings is 1. The molecule has 7 heteroatoms. The predicted octanol–water partition coefficient (Wildman–Crippen LogP) is 4.64. The van der Waals surface area contributed by atoms with Crippen LogP contribution < -0.4 is 10.2 Å². The number of hydrogen-bond acceptors (Lipinski definition) is 7. The highest BCUT2D eigenvalue weighted by Crippen LogP contribution is 2.34. The molecule has 7 nitrogen and oxygen atoms in total. The van der Waals surface area contributed by atoms with E-state index in [0.717, 1.165) is 50.0 Å². The fourth-order valence-electron chi connectivity index (χ4n) is 4.52. The molecule has 172 valence electrons. The molecule has 2 fully saturated rings. The largest absolute Gasteiger partial charge is 0.461 e. The molecule has 2 N–H and O–H groups in total. The lowest BCUT2D eigenvalue weighted by atomic mass is 9.93. The third kappa shape index (κ3) is 5.76. The third-order valence-corrected chi connectivity index (χ3v) is 6.39. The Labute approximate surface area is 186 Å². The number of carbonyl (C=O) groups is 1. The van der Waals surface area contributed by atoms with E-state index in [-0.39, 0.29) is 12.0 Å². The van der Waals surface area contributed by atoms with Gasteiger partial charge in [0.05, 0.1) is 24.0 Å². The van der Waals surface area contributed by atoms with Crippen LogP contribution in [0.2, 0.25) is 0 Å². The summed E-state index contributed by atoms with van der Waals surface area (Å²) in [5.74, 6) is 0.294. The van der Waals surface area contributed by atoms with Gasteiger partial charge in [0.25, 0.3) is 0 Å². The average Bonchev–Trinajstić information content (AvgIpc) is 2.79. The Morgan fingerprint density at radius 3 is 2.48 bits per heavy atom. The summed E-state index contributed by atoms with van der Waals surface area (Å²) in [6, 6.07) is 2.15. The van der Waals surface area contributed by atoms with Gasteiger partial charge in [-0.15, -0.1) is 0 Å². The van der Waals surface area contributed by atoms with Crippen molar-refractivity contribution in [1.82, 2.24) is 4.98 Å². The zero-order valence-corrected chi connectivity index (χ0v) is 19.5. The van der Waals surface area contributed by atoms with Gasteiger partial charge in [-0.05, 0) is 44.6 Å². The van der Waals surface area contributed by atoms with Gasteiger partial charge in [0, 0.05) is 32.0 Å². The first-order chi connectivity index (χ1) is 14.9. The molecule has 0 bridgehead atoms. The average molecular weight is 431 g/mol. The summed E-state index contributed by atoms with van der Waals surface area (Å²) in [7, 11) is 1.76. The molecular formula is C24H38N4O3. The van der Waals surface area contributed by atoms with E-state index in [2.05, 4.69) is 10.2 Å². The Morgan fingerprint density at radius 1 is 1.23 bits per heavy atom. The van der Waals surface area contributed by atoms with Crippen molar-refractivity contribution in [1.29, 1.82) is 5.41 Å². The van der Waals surface area contributed by atoms with Crippen molar-refractivity contribution in [3.8, 4) is 0 Å². The number of anilines is 2. The number of esters is 1. The number of nitrogens with zero attached hydrogens (tertiary/aromatic N) is 2. The smallest absolute Gasteiger partial charge is 0.357 e. The second-order valence-corrected chi connectivity index (χ2v) is 8.94. The molecule has 0 atom stereocenters. The molecule has 2 heterocycles. The van der Waals surface area contributed by atoms with Crippen LogP contribution in [0.1, 0.15) is 81.8 Å². The van der Waals surface area contributed by atoms with E-state index < -0.39 is 5.97 Å². The number of ether oxygens (including phenoxy) is 2. The molecule has 1 saturated heterocycles. The van der Waals surface area contributed by atoms with Crippen molar-refractivity contribution in [3.63, 3.8) is 0 Å². The molecule has 0 unspecified atom stereocenters. The Hall–Kier alpha value is -2.15. The lowest BCUT2D eigenvalue weighted by Gasteiger charge is -2.35. The minimum atomic E-state index is -0.412. The van der Waals surface area contributed by atoms with E-state index in [0.29, 0.717) is 29.9 Å². The molecule has 3 rings (SSSR count). The van der Waals surface area contributed by atoms with E-state index in [4.69, 9.17) is 19.9 Å². The Morgan fingerprint density at radius 2 is 1.90 bits per heavy atom. The minimum Gasteiger partial charge on any atom is -0.461 e. The van der Waals surface area contributed by atoms with Gasteiger partial charge < -0.3 is 25.1 Å². The molecule has 0 amide bonds. The molecule has 31 heavy (non-hydrogen) atoms. The van der Waals surface area contributed by atoms with Gasteiger partial charge >= 0.3 is 5.97 Å². The van der Waals surface area contributed by atoms with E-state index in [1.54, 1.807) is 14.0 Å². The maximum absolute atomic E-state index is 12.6.